The Labute approximate surface area is 377 Å². The van der Waals surface area contributed by atoms with Gasteiger partial charge in [0.25, 0.3) is 23.6 Å². The van der Waals surface area contributed by atoms with Crippen molar-refractivity contribution in [3.05, 3.63) is 179 Å². The Kier molecular flexibility index (Phi) is 13.7. The second kappa shape index (κ2) is 19.7. The predicted molar refractivity (Wildman–Crippen MR) is 249 cm³/mol. The second-order valence-electron chi connectivity index (χ2n) is 16.6. The average molecular weight is 871 g/mol. The van der Waals surface area contributed by atoms with E-state index in [1.54, 1.807) is 43.0 Å². The molecule has 8 rings (SSSR count). The molecule has 0 saturated heterocycles. The van der Waals surface area contributed by atoms with E-state index < -0.39 is 24.0 Å². The Balaban J connectivity index is 0.000000194. The number of ether oxygens (including phenoxy) is 1. The van der Waals surface area contributed by atoms with Crippen LogP contribution in [0.15, 0.2) is 146 Å². The number of hydrogen-bond donors (Lipinski definition) is 3. The largest absolute Gasteiger partial charge is 0.480 e. The lowest BCUT2D eigenvalue weighted by molar-refractivity contribution is -0.147. The maximum absolute atomic E-state index is 13.1. The first-order valence-electron chi connectivity index (χ1n) is 21.4. The molecule has 4 amide bonds. The van der Waals surface area contributed by atoms with Gasteiger partial charge in [-0.3, -0.25) is 19.2 Å². The molecule has 12 nitrogen and oxygen atoms in total. The average Bonchev–Trinajstić information content (AvgIpc) is 3.81. The molecule has 0 bridgehead atoms. The number of rotatable bonds is 12. The minimum atomic E-state index is -0.991. The van der Waals surface area contributed by atoms with Gasteiger partial charge in [0.15, 0.2) is 0 Å². The second-order valence-corrected chi connectivity index (χ2v) is 16.6. The topological polar surface area (TPSA) is 162 Å². The van der Waals surface area contributed by atoms with Gasteiger partial charge in [0.05, 0.1) is 7.11 Å². The molecule has 12 heteroatoms. The highest BCUT2D eigenvalue weighted by Crippen LogP contribution is 2.34. The van der Waals surface area contributed by atoms with Gasteiger partial charge in [0.2, 0.25) is 0 Å². The summed E-state index contributed by atoms with van der Waals surface area (Å²) in [6.07, 6.45) is 0. The summed E-state index contributed by atoms with van der Waals surface area (Å²) in [7, 11) is 1.34. The Morgan fingerprint density at radius 2 is 0.892 bits per heavy atom. The Morgan fingerprint density at radius 3 is 1.25 bits per heavy atom. The van der Waals surface area contributed by atoms with Gasteiger partial charge in [0.1, 0.15) is 12.1 Å². The molecule has 0 unspecified atom stereocenters. The molecule has 0 fully saturated rings. The number of hydrogen-bond acceptors (Lipinski definition) is 7. The van der Waals surface area contributed by atoms with Crippen LogP contribution in [0.2, 0.25) is 0 Å². The molecular weight excluding hydrogens is 821 g/mol. The van der Waals surface area contributed by atoms with E-state index in [-0.39, 0.29) is 35.5 Å². The maximum atomic E-state index is 13.1. The van der Waals surface area contributed by atoms with E-state index in [0.717, 1.165) is 33.4 Å². The van der Waals surface area contributed by atoms with Crippen LogP contribution in [0, 0.1) is 11.8 Å². The zero-order valence-electron chi connectivity index (χ0n) is 36.8. The van der Waals surface area contributed by atoms with Crippen molar-refractivity contribution in [1.29, 1.82) is 0 Å². The molecule has 6 aromatic rings. The van der Waals surface area contributed by atoms with Crippen molar-refractivity contribution < 1.29 is 38.6 Å². The standard InChI is InChI=1S/C27H26N2O4.C26H24N2O4/c1-17(2)24(27(32)33-3)29-16-21-10-9-20(15-23(21)26(29)31)18-11-13-22(14-12-18)28-25(30)19-7-5-4-6-8-19;1-16(2)23(26(31)32)28-15-20-9-8-19(14-22(20)25(28)30)17-10-12-21(13-11-17)27-24(29)18-6-4-3-5-7-18/h4-15,17,24H,16H2,1-3H3,(H,28,30);3-14,16,23H,15H2,1-2H3,(H,27,29)(H,31,32)/t24-;23-/m00/s1. The van der Waals surface area contributed by atoms with Gasteiger partial charge in [-0.2, -0.15) is 0 Å². The zero-order chi connectivity index (χ0) is 46.4. The van der Waals surface area contributed by atoms with E-state index in [4.69, 9.17) is 4.74 Å². The summed E-state index contributed by atoms with van der Waals surface area (Å²) in [4.78, 5) is 77.7. The van der Waals surface area contributed by atoms with Crippen LogP contribution in [-0.2, 0) is 27.4 Å². The number of benzene rings is 6. The van der Waals surface area contributed by atoms with E-state index in [1.165, 1.54) is 12.0 Å². The molecule has 0 aromatic heterocycles. The lowest BCUT2D eigenvalue weighted by atomic mass is 10.00. The van der Waals surface area contributed by atoms with Crippen LogP contribution in [0.4, 0.5) is 11.4 Å². The minimum absolute atomic E-state index is 0.0613. The van der Waals surface area contributed by atoms with Crippen LogP contribution < -0.4 is 10.6 Å². The van der Waals surface area contributed by atoms with E-state index >= 15 is 0 Å². The third-order valence-electron chi connectivity index (χ3n) is 11.5. The van der Waals surface area contributed by atoms with Gasteiger partial charge in [-0.25, -0.2) is 9.59 Å². The fourth-order valence-electron chi connectivity index (χ4n) is 8.19. The Hall–Kier alpha value is -7.86. The van der Waals surface area contributed by atoms with Gasteiger partial charge in [-0.15, -0.1) is 0 Å². The van der Waals surface area contributed by atoms with Crippen molar-refractivity contribution in [3.63, 3.8) is 0 Å². The highest BCUT2D eigenvalue weighted by Gasteiger charge is 2.40. The van der Waals surface area contributed by atoms with Crippen molar-refractivity contribution in [3.8, 4) is 22.3 Å². The van der Waals surface area contributed by atoms with Crippen molar-refractivity contribution in [2.45, 2.75) is 52.9 Å². The monoisotopic (exact) mass is 870 g/mol. The molecule has 3 N–H and O–H groups in total. The Morgan fingerprint density at radius 1 is 0.523 bits per heavy atom. The summed E-state index contributed by atoms with van der Waals surface area (Å²) in [5.74, 6) is -2.42. The molecule has 2 heterocycles. The third-order valence-corrected chi connectivity index (χ3v) is 11.5. The molecule has 0 saturated carbocycles. The minimum Gasteiger partial charge on any atom is -0.480 e. The number of anilines is 2. The van der Waals surface area contributed by atoms with Crippen molar-refractivity contribution in [1.82, 2.24) is 9.80 Å². The van der Waals surface area contributed by atoms with Crippen molar-refractivity contribution in [2.75, 3.05) is 17.7 Å². The number of methoxy groups -OCH3 is 1. The summed E-state index contributed by atoms with van der Waals surface area (Å²) in [6.45, 7) is 8.10. The number of carbonyl (C=O) groups is 6. The number of nitrogens with one attached hydrogen (secondary N) is 2. The number of fused-ring (bicyclic) bond motifs is 2. The first kappa shape index (κ1) is 45.2. The molecule has 2 atom stereocenters. The lowest BCUT2D eigenvalue weighted by Crippen LogP contribution is -2.45. The number of carboxylic acids is 1. The summed E-state index contributed by atoms with van der Waals surface area (Å²) < 4.78 is 4.93. The van der Waals surface area contributed by atoms with Crippen molar-refractivity contribution in [2.24, 2.45) is 11.8 Å². The van der Waals surface area contributed by atoms with Gasteiger partial charge in [-0.05, 0) is 106 Å². The molecule has 2 aliphatic rings. The SMILES string of the molecule is CC(C)[C@@H](C(=O)O)N1Cc2ccc(-c3ccc(NC(=O)c4ccccc4)cc3)cc2C1=O.COC(=O)[C@H](C(C)C)N1Cc2ccc(-c3ccc(NC(=O)c4ccccc4)cc3)cc2C1=O. The highest BCUT2D eigenvalue weighted by molar-refractivity contribution is 6.06. The fraction of sp³-hybridized carbons (Fsp3) is 0.208. The lowest BCUT2D eigenvalue weighted by Gasteiger charge is -2.28. The molecule has 330 valence electrons. The molecule has 0 spiro atoms. The van der Waals surface area contributed by atoms with Gasteiger partial charge in [-0.1, -0.05) is 113 Å². The van der Waals surface area contributed by atoms with Crippen LogP contribution in [0.3, 0.4) is 0 Å². The number of carbonyl (C=O) groups excluding carboxylic acids is 5. The third kappa shape index (κ3) is 10.0. The zero-order valence-corrected chi connectivity index (χ0v) is 36.8. The molecular formula is C53H50N4O8. The molecule has 2 aliphatic heterocycles. The molecule has 65 heavy (non-hydrogen) atoms. The first-order valence-corrected chi connectivity index (χ1v) is 21.4. The van der Waals surface area contributed by atoms with Crippen LogP contribution in [0.25, 0.3) is 22.3 Å². The summed E-state index contributed by atoms with van der Waals surface area (Å²) >= 11 is 0. The van der Waals surface area contributed by atoms with Gasteiger partial charge in [0, 0.05) is 46.7 Å². The molecule has 6 aromatic carbocycles. The van der Waals surface area contributed by atoms with E-state index in [9.17, 15) is 33.9 Å². The normalized spacial score (nSPS) is 13.6. The summed E-state index contributed by atoms with van der Waals surface area (Å²) in [6, 6.07) is 42.8. The van der Waals surface area contributed by atoms with Crippen LogP contribution in [-0.4, -0.2) is 69.7 Å². The quantitative estimate of drug-likeness (QED) is 0.103. The number of carboxylic acid groups (broad SMARTS) is 1. The Bertz CT molecular complexity index is 2740. The maximum Gasteiger partial charge on any atom is 0.328 e. The van der Waals surface area contributed by atoms with E-state index in [2.05, 4.69) is 10.6 Å². The van der Waals surface area contributed by atoms with Crippen LogP contribution in [0.5, 0.6) is 0 Å². The number of aliphatic carboxylic acids is 1. The van der Waals surface area contributed by atoms with Crippen LogP contribution >= 0.6 is 0 Å². The predicted octanol–water partition coefficient (Wildman–Crippen LogP) is 9.43. The fourth-order valence-corrected chi connectivity index (χ4v) is 8.19. The molecule has 0 aliphatic carbocycles. The summed E-state index contributed by atoms with van der Waals surface area (Å²) in [5.41, 5.74) is 8.98. The van der Waals surface area contributed by atoms with Crippen molar-refractivity contribution >= 4 is 46.9 Å². The smallest absolute Gasteiger partial charge is 0.328 e. The first-order chi connectivity index (χ1) is 31.2. The van der Waals surface area contributed by atoms with Crippen LogP contribution in [0.1, 0.15) is 80.3 Å². The number of amides is 4. The summed E-state index contributed by atoms with van der Waals surface area (Å²) in [5, 5.41) is 15.3. The molecule has 0 radical (unpaired) electrons. The van der Waals surface area contributed by atoms with E-state index in [0.29, 0.717) is 46.7 Å². The number of esters is 1. The van der Waals surface area contributed by atoms with Gasteiger partial charge < -0.3 is 30.3 Å². The number of nitrogens with zero attached hydrogens (tertiary/aromatic N) is 2. The van der Waals surface area contributed by atoms with Gasteiger partial charge >= 0.3 is 11.9 Å². The highest BCUT2D eigenvalue weighted by atomic mass is 16.5. The van der Waals surface area contributed by atoms with E-state index in [1.807, 2.05) is 135 Å².